The SMILES string of the molecule is Cc1ccc(CC(=O)Nc2ccc(NC(=O)Cc3cccc4ccccc34)cc2C(=O)c2ccccc2)cc1. The summed E-state index contributed by atoms with van der Waals surface area (Å²) in [7, 11) is 0. The van der Waals surface area contributed by atoms with Crippen LogP contribution in [0, 0.1) is 6.92 Å². The van der Waals surface area contributed by atoms with Crippen LogP contribution in [-0.4, -0.2) is 17.6 Å². The number of hydrogen-bond donors (Lipinski definition) is 2. The van der Waals surface area contributed by atoms with Crippen LogP contribution in [0.2, 0.25) is 0 Å². The Morgan fingerprint density at radius 3 is 2.13 bits per heavy atom. The van der Waals surface area contributed by atoms with Gasteiger partial charge in [0, 0.05) is 16.8 Å². The normalized spacial score (nSPS) is 10.7. The number of ketones is 1. The topological polar surface area (TPSA) is 75.3 Å². The molecule has 192 valence electrons. The number of carbonyl (C=O) groups excluding carboxylic acids is 3. The minimum atomic E-state index is -0.244. The van der Waals surface area contributed by atoms with Crippen LogP contribution in [0.5, 0.6) is 0 Å². The molecule has 0 aromatic heterocycles. The first-order valence-electron chi connectivity index (χ1n) is 12.8. The van der Waals surface area contributed by atoms with Crippen LogP contribution in [0.4, 0.5) is 11.4 Å². The Hall–Kier alpha value is -5.03. The molecule has 0 aliphatic rings. The molecule has 2 amide bonds. The van der Waals surface area contributed by atoms with Gasteiger partial charge in [-0.2, -0.15) is 0 Å². The molecule has 0 unspecified atom stereocenters. The second-order valence-corrected chi connectivity index (χ2v) is 9.53. The van der Waals surface area contributed by atoms with E-state index in [0.717, 1.165) is 27.5 Å². The van der Waals surface area contributed by atoms with Crippen molar-refractivity contribution in [2.24, 2.45) is 0 Å². The van der Waals surface area contributed by atoms with E-state index in [2.05, 4.69) is 10.6 Å². The molecule has 5 heteroatoms. The Balaban J connectivity index is 1.38. The fourth-order valence-corrected chi connectivity index (χ4v) is 4.57. The number of benzene rings is 5. The zero-order valence-electron chi connectivity index (χ0n) is 21.6. The summed E-state index contributed by atoms with van der Waals surface area (Å²) < 4.78 is 0. The molecule has 5 rings (SSSR count). The summed E-state index contributed by atoms with van der Waals surface area (Å²) in [5, 5.41) is 7.92. The highest BCUT2D eigenvalue weighted by molar-refractivity contribution is 6.14. The van der Waals surface area contributed by atoms with Gasteiger partial charge >= 0.3 is 0 Å². The van der Waals surface area contributed by atoms with E-state index in [9.17, 15) is 14.4 Å². The van der Waals surface area contributed by atoms with E-state index in [1.54, 1.807) is 42.5 Å². The van der Waals surface area contributed by atoms with E-state index < -0.39 is 0 Å². The third-order valence-electron chi connectivity index (χ3n) is 6.57. The lowest BCUT2D eigenvalue weighted by Gasteiger charge is -2.14. The monoisotopic (exact) mass is 512 g/mol. The molecular formula is C34H28N2O3. The maximum absolute atomic E-state index is 13.5. The Morgan fingerprint density at radius 1 is 0.641 bits per heavy atom. The standard InChI is InChI=1S/C34H28N2O3/c1-23-14-16-24(17-15-23)20-32(37)36-31-19-18-28(22-30(31)34(39)26-9-3-2-4-10-26)35-33(38)21-27-12-7-11-25-8-5-6-13-29(25)27/h2-19,22H,20-21H2,1H3,(H,35,38)(H,36,37). The minimum absolute atomic E-state index is 0.183. The molecule has 0 heterocycles. The third-order valence-corrected chi connectivity index (χ3v) is 6.57. The minimum Gasteiger partial charge on any atom is -0.326 e. The summed E-state index contributed by atoms with van der Waals surface area (Å²) >= 11 is 0. The summed E-state index contributed by atoms with van der Waals surface area (Å²) in [6.07, 6.45) is 0.376. The molecule has 0 bridgehead atoms. The fourth-order valence-electron chi connectivity index (χ4n) is 4.57. The highest BCUT2D eigenvalue weighted by atomic mass is 16.2. The predicted molar refractivity (Wildman–Crippen MR) is 156 cm³/mol. The average molecular weight is 513 g/mol. The summed E-state index contributed by atoms with van der Waals surface area (Å²) in [4.78, 5) is 39.3. The molecule has 5 nitrogen and oxygen atoms in total. The van der Waals surface area contributed by atoms with Gasteiger partial charge in [0.1, 0.15) is 0 Å². The average Bonchev–Trinajstić information content (AvgIpc) is 2.95. The second kappa shape index (κ2) is 11.6. The van der Waals surface area contributed by atoms with Crippen molar-refractivity contribution >= 4 is 39.7 Å². The molecule has 0 spiro atoms. The molecule has 0 aliphatic carbocycles. The lowest BCUT2D eigenvalue weighted by molar-refractivity contribution is -0.116. The Morgan fingerprint density at radius 2 is 1.33 bits per heavy atom. The van der Waals surface area contributed by atoms with Gasteiger partial charge in [0.2, 0.25) is 11.8 Å². The maximum atomic E-state index is 13.5. The first-order chi connectivity index (χ1) is 19.0. The Labute approximate surface area is 227 Å². The number of anilines is 2. The number of amides is 2. The van der Waals surface area contributed by atoms with Crippen molar-refractivity contribution in [3.8, 4) is 0 Å². The first-order valence-corrected chi connectivity index (χ1v) is 12.8. The van der Waals surface area contributed by atoms with E-state index in [1.165, 1.54) is 0 Å². The number of fused-ring (bicyclic) bond motifs is 1. The van der Waals surface area contributed by atoms with Crippen molar-refractivity contribution in [1.82, 2.24) is 0 Å². The molecule has 0 fully saturated rings. The summed E-state index contributed by atoms with van der Waals surface area (Å²) in [5.41, 5.74) is 4.60. The Bertz CT molecular complexity index is 1650. The molecule has 5 aromatic carbocycles. The summed E-state index contributed by atoms with van der Waals surface area (Å²) in [6.45, 7) is 1.99. The molecule has 0 radical (unpaired) electrons. The molecule has 5 aromatic rings. The van der Waals surface area contributed by atoms with Gasteiger partial charge in [-0.3, -0.25) is 14.4 Å². The highest BCUT2D eigenvalue weighted by Gasteiger charge is 2.18. The molecule has 39 heavy (non-hydrogen) atoms. The van der Waals surface area contributed by atoms with Crippen molar-refractivity contribution in [3.05, 3.63) is 143 Å². The smallest absolute Gasteiger partial charge is 0.228 e. The van der Waals surface area contributed by atoms with Crippen LogP contribution >= 0.6 is 0 Å². The highest BCUT2D eigenvalue weighted by Crippen LogP contribution is 2.25. The van der Waals surface area contributed by atoms with E-state index in [1.807, 2.05) is 79.7 Å². The van der Waals surface area contributed by atoms with E-state index in [0.29, 0.717) is 22.5 Å². The van der Waals surface area contributed by atoms with E-state index >= 15 is 0 Å². The van der Waals surface area contributed by atoms with Gasteiger partial charge in [0.05, 0.1) is 18.5 Å². The molecule has 2 N–H and O–H groups in total. The van der Waals surface area contributed by atoms with Crippen molar-refractivity contribution in [2.75, 3.05) is 10.6 Å². The van der Waals surface area contributed by atoms with Crippen molar-refractivity contribution < 1.29 is 14.4 Å². The molecule has 0 saturated carbocycles. The predicted octanol–water partition coefficient (Wildman–Crippen LogP) is 6.74. The van der Waals surface area contributed by atoms with Gasteiger partial charge in [-0.15, -0.1) is 0 Å². The van der Waals surface area contributed by atoms with Gasteiger partial charge in [-0.05, 0) is 47.0 Å². The summed E-state index contributed by atoms with van der Waals surface area (Å²) in [5.74, 6) is -0.666. The van der Waals surface area contributed by atoms with Crippen molar-refractivity contribution in [2.45, 2.75) is 19.8 Å². The number of carbonyl (C=O) groups is 3. The van der Waals surface area contributed by atoms with Gasteiger partial charge in [-0.1, -0.05) is 103 Å². The van der Waals surface area contributed by atoms with Crippen LogP contribution in [0.15, 0.2) is 115 Å². The van der Waals surface area contributed by atoms with Crippen molar-refractivity contribution in [3.63, 3.8) is 0 Å². The first kappa shape index (κ1) is 25.6. The van der Waals surface area contributed by atoms with Crippen LogP contribution in [-0.2, 0) is 22.4 Å². The lowest BCUT2D eigenvalue weighted by Crippen LogP contribution is -2.18. The molecule has 0 atom stereocenters. The Kier molecular flexibility index (Phi) is 7.60. The largest absolute Gasteiger partial charge is 0.326 e. The number of rotatable bonds is 8. The van der Waals surface area contributed by atoms with Crippen LogP contribution in [0.3, 0.4) is 0 Å². The quantitative estimate of drug-likeness (QED) is 0.226. The number of aryl methyl sites for hydroxylation is 1. The molecular weight excluding hydrogens is 484 g/mol. The maximum Gasteiger partial charge on any atom is 0.228 e. The van der Waals surface area contributed by atoms with Gasteiger partial charge in [0.15, 0.2) is 5.78 Å². The lowest BCUT2D eigenvalue weighted by atomic mass is 10.00. The second-order valence-electron chi connectivity index (χ2n) is 9.53. The van der Waals surface area contributed by atoms with Gasteiger partial charge < -0.3 is 10.6 Å². The molecule has 0 aliphatic heterocycles. The van der Waals surface area contributed by atoms with E-state index in [4.69, 9.17) is 0 Å². The number of hydrogen-bond acceptors (Lipinski definition) is 3. The van der Waals surface area contributed by atoms with Crippen LogP contribution < -0.4 is 10.6 Å². The van der Waals surface area contributed by atoms with Gasteiger partial charge in [-0.25, -0.2) is 0 Å². The fraction of sp³-hybridized carbons (Fsp3) is 0.0882. The van der Waals surface area contributed by atoms with Crippen LogP contribution in [0.1, 0.15) is 32.6 Å². The third kappa shape index (κ3) is 6.28. The van der Waals surface area contributed by atoms with Crippen LogP contribution in [0.25, 0.3) is 10.8 Å². The number of nitrogens with one attached hydrogen (secondary N) is 2. The zero-order valence-corrected chi connectivity index (χ0v) is 21.6. The van der Waals surface area contributed by atoms with E-state index in [-0.39, 0.29) is 30.4 Å². The summed E-state index contributed by atoms with van der Waals surface area (Å²) in [6, 6.07) is 35.5. The zero-order chi connectivity index (χ0) is 27.2. The molecule has 0 saturated heterocycles. The van der Waals surface area contributed by atoms with Gasteiger partial charge in [0.25, 0.3) is 0 Å². The van der Waals surface area contributed by atoms with Crippen molar-refractivity contribution in [1.29, 1.82) is 0 Å².